The number of rotatable bonds is 4. The number of hydrazone groups is 1. The summed E-state index contributed by atoms with van der Waals surface area (Å²) in [6.07, 6.45) is 3.52. The maximum atomic E-state index is 4.21. The van der Waals surface area contributed by atoms with Gasteiger partial charge in [0.1, 0.15) is 5.82 Å². The van der Waals surface area contributed by atoms with Crippen molar-refractivity contribution >= 4 is 12.0 Å². The number of hydrogen-bond donors (Lipinski definition) is 1. The smallest absolute Gasteiger partial charge is 0.146 e. The predicted octanol–water partition coefficient (Wildman–Crippen LogP) is 4.19. The van der Waals surface area contributed by atoms with E-state index in [0.717, 1.165) is 11.4 Å². The summed E-state index contributed by atoms with van der Waals surface area (Å²) in [5.74, 6) is 0.730. The van der Waals surface area contributed by atoms with E-state index in [1.807, 2.05) is 48.5 Å². The van der Waals surface area contributed by atoms with Gasteiger partial charge in [-0.3, -0.25) is 5.43 Å². The third-order valence-electron chi connectivity index (χ3n) is 3.05. The van der Waals surface area contributed by atoms with Crippen molar-refractivity contribution in [2.45, 2.75) is 0 Å². The van der Waals surface area contributed by atoms with Gasteiger partial charge in [-0.2, -0.15) is 5.10 Å². The fourth-order valence-corrected chi connectivity index (χ4v) is 2.03. The zero-order chi connectivity index (χ0) is 14.3. The van der Waals surface area contributed by atoms with E-state index in [0.29, 0.717) is 0 Å². The van der Waals surface area contributed by atoms with Gasteiger partial charge in [0.05, 0.1) is 6.21 Å². The Hall–Kier alpha value is -2.94. The van der Waals surface area contributed by atoms with E-state index >= 15 is 0 Å². The second kappa shape index (κ2) is 6.48. The largest absolute Gasteiger partial charge is 0.261 e. The first kappa shape index (κ1) is 13.1. The van der Waals surface area contributed by atoms with Crippen LogP contribution in [0.2, 0.25) is 0 Å². The van der Waals surface area contributed by atoms with Crippen LogP contribution in [0.1, 0.15) is 5.56 Å². The highest BCUT2D eigenvalue weighted by molar-refractivity contribution is 5.83. The minimum Gasteiger partial charge on any atom is -0.261 e. The Bertz CT molecular complexity index is 722. The number of nitrogens with one attached hydrogen (secondary N) is 1. The van der Waals surface area contributed by atoms with Gasteiger partial charge in [-0.05, 0) is 34.9 Å². The van der Waals surface area contributed by atoms with Gasteiger partial charge in [0.15, 0.2) is 0 Å². The summed E-state index contributed by atoms with van der Waals surface area (Å²) < 4.78 is 0. The first-order valence-electron chi connectivity index (χ1n) is 6.77. The average molecular weight is 273 g/mol. The highest BCUT2D eigenvalue weighted by Gasteiger charge is 1.97. The normalized spacial score (nSPS) is 10.7. The first-order valence-corrected chi connectivity index (χ1v) is 6.77. The molecule has 3 aromatic rings. The summed E-state index contributed by atoms with van der Waals surface area (Å²) in [6, 6.07) is 24.2. The van der Waals surface area contributed by atoms with Crippen LogP contribution in [0.5, 0.6) is 0 Å². The van der Waals surface area contributed by atoms with Crippen LogP contribution in [0.25, 0.3) is 11.1 Å². The molecular weight excluding hydrogens is 258 g/mol. The van der Waals surface area contributed by atoms with Crippen LogP contribution >= 0.6 is 0 Å². The number of hydrogen-bond acceptors (Lipinski definition) is 3. The van der Waals surface area contributed by atoms with Crippen molar-refractivity contribution in [3.05, 3.63) is 84.6 Å². The summed E-state index contributed by atoms with van der Waals surface area (Å²) in [5, 5.41) is 4.21. The van der Waals surface area contributed by atoms with E-state index in [2.05, 4.69) is 39.8 Å². The molecule has 0 spiro atoms. The van der Waals surface area contributed by atoms with E-state index in [-0.39, 0.29) is 0 Å². The molecule has 0 aliphatic heterocycles. The average Bonchev–Trinajstić information content (AvgIpc) is 2.57. The topological polar surface area (TPSA) is 37.3 Å². The van der Waals surface area contributed by atoms with Crippen molar-refractivity contribution in [1.82, 2.24) is 4.98 Å². The van der Waals surface area contributed by atoms with E-state index in [1.165, 1.54) is 11.1 Å². The molecule has 102 valence electrons. The van der Waals surface area contributed by atoms with Crippen LogP contribution in [-0.4, -0.2) is 11.2 Å². The van der Waals surface area contributed by atoms with Gasteiger partial charge >= 0.3 is 0 Å². The lowest BCUT2D eigenvalue weighted by molar-refractivity contribution is 1.23. The molecule has 0 radical (unpaired) electrons. The third kappa shape index (κ3) is 3.54. The van der Waals surface area contributed by atoms with Crippen LogP contribution in [0.4, 0.5) is 5.82 Å². The molecule has 3 nitrogen and oxygen atoms in total. The molecule has 1 heterocycles. The number of aromatic nitrogens is 1. The molecule has 2 aromatic carbocycles. The molecule has 0 fully saturated rings. The molecular formula is C18H15N3. The molecule has 21 heavy (non-hydrogen) atoms. The molecule has 0 bridgehead atoms. The Kier molecular flexibility index (Phi) is 4.03. The Morgan fingerprint density at radius 1 is 0.810 bits per heavy atom. The van der Waals surface area contributed by atoms with Crippen LogP contribution in [-0.2, 0) is 0 Å². The van der Waals surface area contributed by atoms with Crippen LogP contribution < -0.4 is 5.43 Å². The molecule has 1 aromatic heterocycles. The van der Waals surface area contributed by atoms with Crippen LogP contribution in [0.3, 0.4) is 0 Å². The number of pyridine rings is 1. The Morgan fingerprint density at radius 3 is 2.43 bits per heavy atom. The van der Waals surface area contributed by atoms with E-state index in [4.69, 9.17) is 0 Å². The fourth-order valence-electron chi connectivity index (χ4n) is 2.03. The maximum Gasteiger partial charge on any atom is 0.146 e. The van der Waals surface area contributed by atoms with Gasteiger partial charge in [-0.1, -0.05) is 54.6 Å². The molecule has 1 N–H and O–H groups in total. The Labute approximate surface area is 124 Å². The van der Waals surface area contributed by atoms with Crippen molar-refractivity contribution in [3.8, 4) is 11.1 Å². The highest BCUT2D eigenvalue weighted by Crippen LogP contribution is 2.19. The summed E-state index contributed by atoms with van der Waals surface area (Å²) in [6.45, 7) is 0. The number of nitrogens with zero attached hydrogens (tertiary/aromatic N) is 2. The van der Waals surface area contributed by atoms with Gasteiger partial charge < -0.3 is 0 Å². The Balaban J connectivity index is 1.75. The van der Waals surface area contributed by atoms with Gasteiger partial charge in [-0.15, -0.1) is 0 Å². The zero-order valence-electron chi connectivity index (χ0n) is 11.5. The predicted molar refractivity (Wildman–Crippen MR) is 87.3 cm³/mol. The Morgan fingerprint density at radius 2 is 1.62 bits per heavy atom. The molecule has 0 aliphatic rings. The monoisotopic (exact) mass is 273 g/mol. The van der Waals surface area contributed by atoms with Gasteiger partial charge in [0.25, 0.3) is 0 Å². The summed E-state index contributed by atoms with van der Waals surface area (Å²) in [4.78, 5) is 4.15. The van der Waals surface area contributed by atoms with Crippen molar-refractivity contribution in [1.29, 1.82) is 0 Å². The standard InChI is InChI=1S/C18H15N3/c1-2-8-16(9-3-1)17-10-6-7-15(13-17)14-20-21-18-11-4-5-12-19-18/h1-14H,(H,19,21)/b20-14+. The van der Waals surface area contributed by atoms with Crippen molar-refractivity contribution in [2.24, 2.45) is 5.10 Å². The minimum atomic E-state index is 0.730. The zero-order valence-corrected chi connectivity index (χ0v) is 11.5. The SMILES string of the molecule is C(=N\Nc1ccccn1)/c1cccc(-c2ccccc2)c1. The van der Waals surface area contributed by atoms with Gasteiger partial charge in [0, 0.05) is 6.20 Å². The van der Waals surface area contributed by atoms with Crippen LogP contribution in [0, 0.1) is 0 Å². The molecule has 0 atom stereocenters. The molecule has 0 unspecified atom stereocenters. The number of anilines is 1. The van der Waals surface area contributed by atoms with Crippen molar-refractivity contribution in [3.63, 3.8) is 0 Å². The lowest BCUT2D eigenvalue weighted by Crippen LogP contribution is -1.92. The summed E-state index contributed by atoms with van der Waals surface area (Å²) in [5.41, 5.74) is 6.33. The van der Waals surface area contributed by atoms with Gasteiger partial charge in [-0.25, -0.2) is 4.98 Å². The lowest BCUT2D eigenvalue weighted by Gasteiger charge is -2.02. The molecule has 0 aliphatic carbocycles. The molecule has 3 rings (SSSR count). The van der Waals surface area contributed by atoms with Gasteiger partial charge in [0.2, 0.25) is 0 Å². The summed E-state index contributed by atoms with van der Waals surface area (Å²) in [7, 11) is 0. The first-order chi connectivity index (χ1) is 10.4. The van der Waals surface area contributed by atoms with Crippen molar-refractivity contribution < 1.29 is 0 Å². The molecule has 0 amide bonds. The quantitative estimate of drug-likeness (QED) is 0.571. The van der Waals surface area contributed by atoms with Crippen molar-refractivity contribution in [2.75, 3.05) is 5.43 Å². The minimum absolute atomic E-state index is 0.730. The third-order valence-corrected chi connectivity index (χ3v) is 3.05. The second-order valence-corrected chi connectivity index (χ2v) is 4.58. The summed E-state index contributed by atoms with van der Waals surface area (Å²) >= 11 is 0. The van der Waals surface area contributed by atoms with Crippen LogP contribution in [0.15, 0.2) is 84.1 Å². The fraction of sp³-hybridized carbons (Fsp3) is 0. The molecule has 0 saturated carbocycles. The maximum absolute atomic E-state index is 4.21. The lowest BCUT2D eigenvalue weighted by atomic mass is 10.0. The van der Waals surface area contributed by atoms with E-state index in [9.17, 15) is 0 Å². The molecule has 0 saturated heterocycles. The molecule has 3 heteroatoms. The number of benzene rings is 2. The highest BCUT2D eigenvalue weighted by atomic mass is 15.3. The van der Waals surface area contributed by atoms with E-state index < -0.39 is 0 Å². The second-order valence-electron chi connectivity index (χ2n) is 4.58. The van der Waals surface area contributed by atoms with E-state index in [1.54, 1.807) is 12.4 Å².